The first-order chi connectivity index (χ1) is 4.83. The Hall–Kier alpha value is -1.39. The van der Waals surface area contributed by atoms with Crippen molar-refractivity contribution in [3.05, 3.63) is 6.33 Å². The third-order valence-corrected chi connectivity index (χ3v) is 0.842. The first kappa shape index (κ1) is 6.73. The Morgan fingerprint density at radius 1 is 1.60 bits per heavy atom. The van der Waals surface area contributed by atoms with Gasteiger partial charge in [-0.25, -0.2) is 4.98 Å². The maximum absolute atomic E-state index is 5.25. The number of aromatic nitrogens is 3. The average Bonchev–Trinajstić information content (AvgIpc) is 1.88. The number of ether oxygens (including phenoxy) is 1. The predicted molar refractivity (Wildman–Crippen MR) is 35.4 cm³/mol. The smallest absolute Gasteiger partial charge is 0.321 e. The molecule has 0 amide bonds. The highest BCUT2D eigenvalue weighted by Crippen LogP contribution is 1.99. The number of nitrogens with zero attached hydrogens (tertiary/aromatic N) is 3. The molecule has 0 aliphatic carbocycles. The highest BCUT2D eigenvalue weighted by molar-refractivity contribution is 5.14. The van der Waals surface area contributed by atoms with Gasteiger partial charge in [0.1, 0.15) is 6.33 Å². The molecule has 54 valence electrons. The molecule has 0 aliphatic rings. The van der Waals surface area contributed by atoms with Crippen molar-refractivity contribution >= 4 is 5.95 Å². The van der Waals surface area contributed by atoms with Gasteiger partial charge in [0, 0.05) is 0 Å². The van der Waals surface area contributed by atoms with Gasteiger partial charge in [-0.1, -0.05) is 0 Å². The number of anilines is 1. The summed E-state index contributed by atoms with van der Waals surface area (Å²) in [7, 11) is 0. The van der Waals surface area contributed by atoms with Crippen LogP contribution in [0.1, 0.15) is 6.92 Å². The molecular formula is C5H8N4O. The Bertz CT molecular complexity index is 215. The fourth-order valence-corrected chi connectivity index (χ4v) is 0.492. The fourth-order valence-electron chi connectivity index (χ4n) is 0.492. The van der Waals surface area contributed by atoms with Crippen molar-refractivity contribution in [3.8, 4) is 6.01 Å². The van der Waals surface area contributed by atoms with E-state index in [1.165, 1.54) is 6.33 Å². The van der Waals surface area contributed by atoms with E-state index in [2.05, 4.69) is 15.0 Å². The lowest BCUT2D eigenvalue weighted by atomic mass is 10.8. The summed E-state index contributed by atoms with van der Waals surface area (Å²) in [5.74, 6) is 0.179. The molecule has 1 aromatic rings. The summed E-state index contributed by atoms with van der Waals surface area (Å²) in [5, 5.41) is 0. The van der Waals surface area contributed by atoms with Crippen LogP contribution in [0.4, 0.5) is 5.95 Å². The van der Waals surface area contributed by atoms with Crippen molar-refractivity contribution in [1.29, 1.82) is 0 Å². The minimum atomic E-state index is 0.179. The second kappa shape index (κ2) is 2.95. The van der Waals surface area contributed by atoms with Gasteiger partial charge in [0.25, 0.3) is 0 Å². The third kappa shape index (κ3) is 1.54. The monoisotopic (exact) mass is 140 g/mol. The molecule has 0 radical (unpaired) electrons. The molecule has 1 heterocycles. The largest absolute Gasteiger partial charge is 0.464 e. The third-order valence-electron chi connectivity index (χ3n) is 0.842. The Kier molecular flexibility index (Phi) is 1.99. The molecule has 0 saturated carbocycles. The van der Waals surface area contributed by atoms with Gasteiger partial charge in [-0.3, -0.25) is 0 Å². The lowest BCUT2D eigenvalue weighted by Gasteiger charge is -1.97. The molecule has 0 aliphatic heterocycles. The van der Waals surface area contributed by atoms with Crippen molar-refractivity contribution in [2.24, 2.45) is 0 Å². The quantitative estimate of drug-likeness (QED) is 0.618. The molecule has 5 nitrogen and oxygen atoms in total. The van der Waals surface area contributed by atoms with E-state index >= 15 is 0 Å². The van der Waals surface area contributed by atoms with E-state index < -0.39 is 0 Å². The van der Waals surface area contributed by atoms with Gasteiger partial charge in [-0.15, -0.1) is 0 Å². The van der Waals surface area contributed by atoms with Gasteiger partial charge in [0.15, 0.2) is 0 Å². The van der Waals surface area contributed by atoms with Crippen LogP contribution in [0.15, 0.2) is 6.33 Å². The molecule has 0 bridgehead atoms. The summed E-state index contributed by atoms with van der Waals surface area (Å²) in [6.07, 6.45) is 1.31. The Balaban J connectivity index is 2.75. The first-order valence-corrected chi connectivity index (χ1v) is 2.90. The van der Waals surface area contributed by atoms with E-state index in [0.717, 1.165) is 0 Å². The number of hydrogen-bond donors (Lipinski definition) is 1. The van der Waals surface area contributed by atoms with Crippen molar-refractivity contribution in [2.75, 3.05) is 12.3 Å². The maximum atomic E-state index is 5.25. The van der Waals surface area contributed by atoms with Crippen LogP contribution >= 0.6 is 0 Å². The number of nitrogen functional groups attached to an aromatic ring is 1. The lowest BCUT2D eigenvalue weighted by molar-refractivity contribution is 0.312. The topological polar surface area (TPSA) is 73.9 Å². The second-order valence-corrected chi connectivity index (χ2v) is 1.56. The summed E-state index contributed by atoms with van der Waals surface area (Å²) in [4.78, 5) is 11.0. The van der Waals surface area contributed by atoms with Gasteiger partial charge in [0.05, 0.1) is 6.61 Å². The van der Waals surface area contributed by atoms with E-state index in [1.807, 2.05) is 6.92 Å². The van der Waals surface area contributed by atoms with Crippen molar-refractivity contribution in [2.45, 2.75) is 6.92 Å². The van der Waals surface area contributed by atoms with Crippen LogP contribution < -0.4 is 10.5 Å². The predicted octanol–water partition coefficient (Wildman–Crippen LogP) is -0.148. The van der Waals surface area contributed by atoms with Crippen LogP contribution in [0.5, 0.6) is 6.01 Å². The fraction of sp³-hybridized carbons (Fsp3) is 0.400. The zero-order valence-corrected chi connectivity index (χ0v) is 5.61. The molecule has 5 heteroatoms. The summed E-state index contributed by atoms with van der Waals surface area (Å²) in [6.45, 7) is 2.38. The van der Waals surface area contributed by atoms with Crippen LogP contribution in [0.3, 0.4) is 0 Å². The molecule has 10 heavy (non-hydrogen) atoms. The SMILES string of the molecule is CCOc1ncnc(N)n1. The van der Waals surface area contributed by atoms with Gasteiger partial charge >= 0.3 is 6.01 Å². The van der Waals surface area contributed by atoms with Crippen LogP contribution in [0.2, 0.25) is 0 Å². The van der Waals surface area contributed by atoms with Gasteiger partial charge < -0.3 is 10.5 Å². The molecule has 0 saturated heterocycles. The van der Waals surface area contributed by atoms with Crippen molar-refractivity contribution < 1.29 is 4.74 Å². The lowest BCUT2D eigenvalue weighted by Crippen LogP contribution is -2.01. The van der Waals surface area contributed by atoms with Crippen LogP contribution in [0, 0.1) is 0 Å². The molecular weight excluding hydrogens is 132 g/mol. The van der Waals surface area contributed by atoms with Crippen molar-refractivity contribution in [3.63, 3.8) is 0 Å². The first-order valence-electron chi connectivity index (χ1n) is 2.90. The maximum Gasteiger partial charge on any atom is 0.321 e. The normalized spacial score (nSPS) is 9.30. The summed E-state index contributed by atoms with van der Waals surface area (Å²) in [5.41, 5.74) is 5.25. The van der Waals surface area contributed by atoms with Crippen molar-refractivity contribution in [1.82, 2.24) is 15.0 Å². The van der Waals surface area contributed by atoms with Gasteiger partial charge in [0.2, 0.25) is 5.95 Å². The molecule has 2 N–H and O–H groups in total. The molecule has 1 rings (SSSR count). The number of rotatable bonds is 2. The Labute approximate surface area is 58.3 Å². The van der Waals surface area contributed by atoms with Crippen LogP contribution in [-0.2, 0) is 0 Å². The molecule has 0 spiro atoms. The zero-order chi connectivity index (χ0) is 7.40. The summed E-state index contributed by atoms with van der Waals surface area (Å²) < 4.78 is 4.94. The van der Waals surface area contributed by atoms with E-state index in [4.69, 9.17) is 10.5 Å². The van der Waals surface area contributed by atoms with E-state index in [1.54, 1.807) is 0 Å². The highest BCUT2D eigenvalue weighted by atomic mass is 16.5. The van der Waals surface area contributed by atoms with Gasteiger partial charge in [-0.2, -0.15) is 9.97 Å². The van der Waals surface area contributed by atoms with Crippen LogP contribution in [0.25, 0.3) is 0 Å². The molecule has 0 unspecified atom stereocenters. The number of nitrogens with two attached hydrogens (primary N) is 1. The molecule has 0 aromatic carbocycles. The second-order valence-electron chi connectivity index (χ2n) is 1.56. The van der Waals surface area contributed by atoms with E-state index in [-0.39, 0.29) is 12.0 Å². The molecule has 1 aromatic heterocycles. The van der Waals surface area contributed by atoms with Crippen LogP contribution in [-0.4, -0.2) is 21.6 Å². The molecule has 0 atom stereocenters. The summed E-state index contributed by atoms with van der Waals surface area (Å²) in [6, 6.07) is 0.273. The average molecular weight is 140 g/mol. The number of hydrogen-bond acceptors (Lipinski definition) is 5. The Morgan fingerprint density at radius 3 is 3.00 bits per heavy atom. The van der Waals surface area contributed by atoms with E-state index in [0.29, 0.717) is 6.61 Å². The van der Waals surface area contributed by atoms with E-state index in [9.17, 15) is 0 Å². The zero-order valence-electron chi connectivity index (χ0n) is 5.61. The molecule has 0 fully saturated rings. The highest BCUT2D eigenvalue weighted by Gasteiger charge is 1.94. The summed E-state index contributed by atoms with van der Waals surface area (Å²) >= 11 is 0. The minimum Gasteiger partial charge on any atom is -0.464 e. The Morgan fingerprint density at radius 2 is 2.40 bits per heavy atom. The minimum absolute atomic E-state index is 0.179. The standard InChI is InChI=1S/C5H8N4O/c1-2-10-5-8-3-7-4(6)9-5/h3H,2H2,1H3,(H2,6,7,8,9). The van der Waals surface area contributed by atoms with Gasteiger partial charge in [-0.05, 0) is 6.92 Å².